The van der Waals surface area contributed by atoms with Crippen LogP contribution in [0, 0.1) is 10.1 Å². The van der Waals surface area contributed by atoms with Gasteiger partial charge in [-0.15, -0.1) is 0 Å². The van der Waals surface area contributed by atoms with Gasteiger partial charge >= 0.3 is 0 Å². The van der Waals surface area contributed by atoms with Crippen LogP contribution in [0.25, 0.3) is 17.1 Å². The van der Waals surface area contributed by atoms with Crippen molar-refractivity contribution >= 4 is 5.69 Å². The van der Waals surface area contributed by atoms with Crippen LogP contribution in [0.5, 0.6) is 0 Å². The minimum atomic E-state index is -0.444. The summed E-state index contributed by atoms with van der Waals surface area (Å²) in [6, 6.07) is 16.0. The van der Waals surface area contributed by atoms with Gasteiger partial charge < -0.3 is 4.52 Å². The first-order valence-corrected chi connectivity index (χ1v) is 8.93. The highest BCUT2D eigenvalue weighted by Gasteiger charge is 2.13. The van der Waals surface area contributed by atoms with Gasteiger partial charge in [-0.05, 0) is 31.3 Å². The Kier molecular flexibility index (Phi) is 5.12. The lowest BCUT2D eigenvalue weighted by Gasteiger charge is -2.12. The molecule has 0 unspecified atom stereocenters. The summed E-state index contributed by atoms with van der Waals surface area (Å²) >= 11 is 0. The quantitative estimate of drug-likeness (QED) is 0.352. The summed E-state index contributed by atoms with van der Waals surface area (Å²) < 4.78 is 7.16. The number of hydrogen-bond donors (Lipinski definition) is 0. The number of nitro groups is 1. The number of nitro benzene ring substituents is 1. The van der Waals surface area contributed by atoms with Gasteiger partial charge in [-0.25, -0.2) is 4.68 Å². The van der Waals surface area contributed by atoms with E-state index in [2.05, 4.69) is 15.2 Å². The zero-order chi connectivity index (χ0) is 20.2. The number of aromatic nitrogens is 4. The first-order valence-electron chi connectivity index (χ1n) is 8.93. The maximum atomic E-state index is 10.8. The molecule has 9 nitrogen and oxygen atoms in total. The van der Waals surface area contributed by atoms with E-state index < -0.39 is 4.92 Å². The lowest BCUT2D eigenvalue weighted by atomic mass is 10.2. The van der Waals surface area contributed by atoms with Crippen molar-refractivity contribution in [3.05, 3.63) is 88.6 Å². The molecule has 146 valence electrons. The maximum Gasteiger partial charge on any atom is 0.269 e. The van der Waals surface area contributed by atoms with Crippen LogP contribution < -0.4 is 0 Å². The SMILES string of the molecule is CN(Cc1cnn(-c2ccccc2)c1)Cc1nc(-c2ccc([N+](=O)[O-])cc2)no1. The number of nitrogens with zero attached hydrogens (tertiary/aromatic N) is 6. The van der Waals surface area contributed by atoms with Gasteiger partial charge in [-0.3, -0.25) is 15.0 Å². The maximum absolute atomic E-state index is 10.8. The molecule has 0 radical (unpaired) electrons. The van der Waals surface area contributed by atoms with E-state index in [1.165, 1.54) is 12.1 Å². The van der Waals surface area contributed by atoms with Crippen LogP contribution >= 0.6 is 0 Å². The van der Waals surface area contributed by atoms with E-state index in [0.29, 0.717) is 30.4 Å². The molecule has 4 aromatic rings. The van der Waals surface area contributed by atoms with Gasteiger partial charge in [0.1, 0.15) is 0 Å². The normalized spacial score (nSPS) is 11.1. The first-order chi connectivity index (χ1) is 14.1. The van der Waals surface area contributed by atoms with Gasteiger partial charge in [0.05, 0.1) is 23.4 Å². The first kappa shape index (κ1) is 18.5. The molecule has 0 aliphatic rings. The van der Waals surface area contributed by atoms with Crippen LogP contribution in [0.4, 0.5) is 5.69 Å². The molecule has 0 saturated heterocycles. The van der Waals surface area contributed by atoms with Crippen molar-refractivity contribution in [2.75, 3.05) is 7.05 Å². The zero-order valence-corrected chi connectivity index (χ0v) is 15.7. The molecule has 0 aliphatic carbocycles. The van der Waals surface area contributed by atoms with E-state index >= 15 is 0 Å². The fourth-order valence-corrected chi connectivity index (χ4v) is 2.93. The monoisotopic (exact) mass is 390 g/mol. The number of rotatable bonds is 7. The minimum Gasteiger partial charge on any atom is -0.338 e. The van der Waals surface area contributed by atoms with Crippen molar-refractivity contribution in [3.63, 3.8) is 0 Å². The number of non-ortho nitro benzene ring substituents is 1. The van der Waals surface area contributed by atoms with E-state index in [9.17, 15) is 10.1 Å². The average Bonchev–Trinajstić information content (AvgIpc) is 3.38. The van der Waals surface area contributed by atoms with Crippen LogP contribution in [-0.4, -0.2) is 36.8 Å². The van der Waals surface area contributed by atoms with Crippen molar-refractivity contribution in [1.29, 1.82) is 0 Å². The Bertz CT molecular complexity index is 1100. The van der Waals surface area contributed by atoms with Crippen LogP contribution in [0.2, 0.25) is 0 Å². The summed E-state index contributed by atoms with van der Waals surface area (Å²) in [7, 11) is 1.95. The Morgan fingerprint density at radius 1 is 1.10 bits per heavy atom. The predicted molar refractivity (Wildman–Crippen MR) is 105 cm³/mol. The number of benzene rings is 2. The van der Waals surface area contributed by atoms with Crippen molar-refractivity contribution < 1.29 is 9.45 Å². The minimum absolute atomic E-state index is 0.0215. The van der Waals surface area contributed by atoms with Gasteiger partial charge in [-0.2, -0.15) is 10.1 Å². The highest BCUT2D eigenvalue weighted by molar-refractivity contribution is 5.56. The molecule has 0 N–H and O–H groups in total. The van der Waals surface area contributed by atoms with Crippen molar-refractivity contribution in [1.82, 2.24) is 24.8 Å². The smallest absolute Gasteiger partial charge is 0.269 e. The lowest BCUT2D eigenvalue weighted by Crippen LogP contribution is -2.17. The molecule has 9 heteroatoms. The summed E-state index contributed by atoms with van der Waals surface area (Å²) in [6.07, 6.45) is 3.82. The molecule has 0 bridgehead atoms. The molecule has 2 aromatic heterocycles. The Labute approximate surface area is 166 Å². The average molecular weight is 390 g/mol. The fourth-order valence-electron chi connectivity index (χ4n) is 2.93. The van der Waals surface area contributed by atoms with E-state index in [1.54, 1.807) is 12.1 Å². The second-order valence-electron chi connectivity index (χ2n) is 6.62. The van der Waals surface area contributed by atoms with Gasteiger partial charge in [0.2, 0.25) is 11.7 Å². The van der Waals surface area contributed by atoms with Crippen molar-refractivity contribution in [3.8, 4) is 17.1 Å². The fraction of sp³-hybridized carbons (Fsp3) is 0.150. The summed E-state index contributed by atoms with van der Waals surface area (Å²) in [4.78, 5) is 16.7. The van der Waals surface area contributed by atoms with Crippen molar-refractivity contribution in [2.24, 2.45) is 0 Å². The molecule has 29 heavy (non-hydrogen) atoms. The molecule has 0 aliphatic heterocycles. The Hall–Kier alpha value is -3.85. The van der Waals surface area contributed by atoms with Gasteiger partial charge in [0.25, 0.3) is 5.69 Å². The highest BCUT2D eigenvalue weighted by Crippen LogP contribution is 2.20. The Morgan fingerprint density at radius 2 is 1.86 bits per heavy atom. The largest absolute Gasteiger partial charge is 0.338 e. The van der Waals surface area contributed by atoms with Crippen LogP contribution in [0.15, 0.2) is 71.5 Å². The second kappa shape index (κ2) is 8.03. The topological polar surface area (TPSA) is 103 Å². The third-order valence-corrected chi connectivity index (χ3v) is 4.32. The van der Waals surface area contributed by atoms with Gasteiger partial charge in [-0.1, -0.05) is 23.4 Å². The molecule has 0 fully saturated rings. The van der Waals surface area contributed by atoms with E-state index in [4.69, 9.17) is 4.52 Å². The predicted octanol–water partition coefficient (Wildman–Crippen LogP) is 3.46. The Balaban J connectivity index is 1.39. The highest BCUT2D eigenvalue weighted by atomic mass is 16.6. The molecule has 0 atom stereocenters. The summed E-state index contributed by atoms with van der Waals surface area (Å²) in [5.74, 6) is 0.872. The van der Waals surface area contributed by atoms with Crippen molar-refractivity contribution in [2.45, 2.75) is 13.1 Å². The third-order valence-electron chi connectivity index (χ3n) is 4.32. The van der Waals surface area contributed by atoms with E-state index in [-0.39, 0.29) is 5.69 Å². The zero-order valence-electron chi connectivity index (χ0n) is 15.7. The standard InChI is InChI=1S/C20H18N6O3/c1-24(12-15-11-21-25(13-15)17-5-3-2-4-6-17)14-19-22-20(23-29-19)16-7-9-18(10-8-16)26(27)28/h2-11,13H,12,14H2,1H3. The van der Waals surface area contributed by atoms with Crippen LogP contribution in [0.3, 0.4) is 0 Å². The summed E-state index contributed by atoms with van der Waals surface area (Å²) in [5, 5.41) is 19.1. The molecular formula is C20H18N6O3. The Morgan fingerprint density at radius 3 is 2.59 bits per heavy atom. The molecule has 2 aromatic carbocycles. The summed E-state index contributed by atoms with van der Waals surface area (Å²) in [6.45, 7) is 1.14. The summed E-state index contributed by atoms with van der Waals surface area (Å²) in [5.41, 5.74) is 2.75. The lowest BCUT2D eigenvalue weighted by molar-refractivity contribution is -0.384. The molecule has 0 spiro atoms. The molecule has 4 rings (SSSR count). The van der Waals surface area contributed by atoms with Crippen LogP contribution in [0.1, 0.15) is 11.5 Å². The number of hydrogen-bond acceptors (Lipinski definition) is 7. The van der Waals surface area contributed by atoms with E-state index in [0.717, 1.165) is 11.3 Å². The molecule has 2 heterocycles. The second-order valence-corrected chi connectivity index (χ2v) is 6.62. The molecular weight excluding hydrogens is 372 g/mol. The molecule has 0 amide bonds. The van der Waals surface area contributed by atoms with Gasteiger partial charge in [0, 0.05) is 36.0 Å². The van der Waals surface area contributed by atoms with E-state index in [1.807, 2.05) is 59.4 Å². The number of para-hydroxylation sites is 1. The van der Waals surface area contributed by atoms with Crippen LogP contribution in [-0.2, 0) is 13.1 Å². The van der Waals surface area contributed by atoms with Gasteiger partial charge in [0.15, 0.2) is 0 Å². The third kappa shape index (κ3) is 4.36. The molecule has 0 saturated carbocycles.